The first-order valence-corrected chi connectivity index (χ1v) is 11.7. The van der Waals surface area contributed by atoms with Gasteiger partial charge in [0.25, 0.3) is 5.91 Å². The maximum Gasteiger partial charge on any atom is 0.257 e. The van der Waals surface area contributed by atoms with E-state index in [1.807, 2.05) is 60.4 Å². The van der Waals surface area contributed by atoms with Gasteiger partial charge < -0.3 is 19.9 Å². The SMILES string of the molecule is Cc1ccc(C(=O)Nc2ccc3c(c2)CCN3C(=O)Cc2ccccn2)c(N2CCOCC2)c1. The summed E-state index contributed by atoms with van der Waals surface area (Å²) in [6.07, 6.45) is 2.74. The van der Waals surface area contributed by atoms with Crippen molar-refractivity contribution >= 4 is 28.9 Å². The van der Waals surface area contributed by atoms with E-state index in [4.69, 9.17) is 4.74 Å². The van der Waals surface area contributed by atoms with Gasteiger partial charge in [0.1, 0.15) is 0 Å². The van der Waals surface area contributed by atoms with Crippen LogP contribution >= 0.6 is 0 Å². The molecule has 174 valence electrons. The highest BCUT2D eigenvalue weighted by molar-refractivity contribution is 6.08. The van der Waals surface area contributed by atoms with E-state index in [0.29, 0.717) is 25.3 Å². The zero-order valence-electron chi connectivity index (χ0n) is 19.3. The first-order chi connectivity index (χ1) is 16.6. The van der Waals surface area contributed by atoms with Gasteiger partial charge in [-0.25, -0.2) is 0 Å². The summed E-state index contributed by atoms with van der Waals surface area (Å²) >= 11 is 0. The summed E-state index contributed by atoms with van der Waals surface area (Å²) in [6.45, 7) is 5.53. The molecule has 2 aromatic carbocycles. The average molecular weight is 457 g/mol. The molecule has 0 radical (unpaired) electrons. The highest BCUT2D eigenvalue weighted by Gasteiger charge is 2.26. The molecule has 0 atom stereocenters. The van der Waals surface area contributed by atoms with E-state index in [1.54, 1.807) is 6.20 Å². The fourth-order valence-corrected chi connectivity index (χ4v) is 4.59. The molecule has 3 heterocycles. The van der Waals surface area contributed by atoms with Crippen molar-refractivity contribution < 1.29 is 14.3 Å². The van der Waals surface area contributed by atoms with Gasteiger partial charge in [-0.2, -0.15) is 0 Å². The molecule has 0 aliphatic carbocycles. The number of carbonyl (C=O) groups is 2. The lowest BCUT2D eigenvalue weighted by molar-refractivity contribution is -0.117. The van der Waals surface area contributed by atoms with Crippen LogP contribution in [0.2, 0.25) is 0 Å². The molecule has 1 aromatic heterocycles. The number of ether oxygens (including phenoxy) is 1. The van der Waals surface area contributed by atoms with Crippen LogP contribution in [0.25, 0.3) is 0 Å². The maximum atomic E-state index is 13.2. The summed E-state index contributed by atoms with van der Waals surface area (Å²) in [5.41, 5.74) is 6.17. The van der Waals surface area contributed by atoms with Crippen molar-refractivity contribution in [1.29, 1.82) is 0 Å². The minimum Gasteiger partial charge on any atom is -0.378 e. The van der Waals surface area contributed by atoms with Gasteiger partial charge in [0.05, 0.1) is 25.2 Å². The van der Waals surface area contributed by atoms with Gasteiger partial charge in [-0.3, -0.25) is 14.6 Å². The molecule has 5 rings (SSSR count). The molecular weight excluding hydrogens is 428 g/mol. The largest absolute Gasteiger partial charge is 0.378 e. The number of amides is 2. The minimum absolute atomic E-state index is 0.0315. The summed E-state index contributed by atoms with van der Waals surface area (Å²) in [5.74, 6) is -0.105. The summed E-state index contributed by atoms with van der Waals surface area (Å²) in [5, 5.41) is 3.06. The lowest BCUT2D eigenvalue weighted by atomic mass is 10.1. The van der Waals surface area contributed by atoms with E-state index in [1.165, 1.54) is 0 Å². The van der Waals surface area contributed by atoms with Crippen LogP contribution in [0.5, 0.6) is 0 Å². The van der Waals surface area contributed by atoms with Crippen molar-refractivity contribution in [3.8, 4) is 0 Å². The number of aromatic nitrogens is 1. The number of pyridine rings is 1. The normalized spacial score (nSPS) is 15.2. The molecule has 34 heavy (non-hydrogen) atoms. The summed E-state index contributed by atoms with van der Waals surface area (Å²) < 4.78 is 5.48. The Morgan fingerprint density at radius 1 is 1.00 bits per heavy atom. The number of hydrogen-bond acceptors (Lipinski definition) is 5. The molecular formula is C27H28N4O3. The number of anilines is 3. The van der Waals surface area contributed by atoms with Gasteiger partial charge in [0.15, 0.2) is 0 Å². The third-order valence-electron chi connectivity index (χ3n) is 6.34. The molecule has 0 bridgehead atoms. The molecule has 0 spiro atoms. The molecule has 1 N–H and O–H groups in total. The van der Waals surface area contributed by atoms with Crippen molar-refractivity contribution in [2.75, 3.05) is 48.0 Å². The first-order valence-electron chi connectivity index (χ1n) is 11.7. The van der Waals surface area contributed by atoms with Gasteiger partial charge in [0, 0.05) is 48.6 Å². The zero-order valence-corrected chi connectivity index (χ0v) is 19.3. The molecule has 2 aliphatic rings. The van der Waals surface area contributed by atoms with Crippen LogP contribution in [0, 0.1) is 6.92 Å². The molecule has 1 saturated heterocycles. The van der Waals surface area contributed by atoms with E-state index in [2.05, 4.69) is 21.3 Å². The van der Waals surface area contributed by atoms with Crippen LogP contribution in [0.3, 0.4) is 0 Å². The highest BCUT2D eigenvalue weighted by atomic mass is 16.5. The van der Waals surface area contributed by atoms with Gasteiger partial charge in [-0.15, -0.1) is 0 Å². The summed E-state index contributed by atoms with van der Waals surface area (Å²) in [7, 11) is 0. The van der Waals surface area contributed by atoms with Gasteiger partial charge in [-0.1, -0.05) is 12.1 Å². The van der Waals surface area contributed by atoms with Crippen molar-refractivity contribution in [1.82, 2.24) is 4.98 Å². The van der Waals surface area contributed by atoms with Crippen molar-refractivity contribution in [3.63, 3.8) is 0 Å². The average Bonchev–Trinajstić information content (AvgIpc) is 3.28. The van der Waals surface area contributed by atoms with Crippen LogP contribution < -0.4 is 15.1 Å². The standard InChI is InChI=1S/C27H28N4O3/c1-19-5-7-23(25(16-19)30-12-14-34-15-13-30)27(33)29-22-6-8-24-20(17-22)9-11-31(24)26(32)18-21-4-2-3-10-28-21/h2-8,10,16-17H,9,11-15,18H2,1H3,(H,29,33). The Morgan fingerprint density at radius 2 is 1.85 bits per heavy atom. The van der Waals surface area contributed by atoms with Crippen LogP contribution in [0.4, 0.5) is 17.1 Å². The van der Waals surface area contributed by atoms with E-state index in [0.717, 1.165) is 53.4 Å². The number of nitrogens with zero attached hydrogens (tertiary/aromatic N) is 3. The number of benzene rings is 2. The van der Waals surface area contributed by atoms with E-state index < -0.39 is 0 Å². The third kappa shape index (κ3) is 4.65. The maximum absolute atomic E-state index is 13.2. The fourth-order valence-electron chi connectivity index (χ4n) is 4.59. The molecule has 0 saturated carbocycles. The Kier molecular flexibility index (Phi) is 6.27. The number of aryl methyl sites for hydroxylation is 1. The Hall–Kier alpha value is -3.71. The van der Waals surface area contributed by atoms with Gasteiger partial charge >= 0.3 is 0 Å². The van der Waals surface area contributed by atoms with E-state index in [9.17, 15) is 9.59 Å². The molecule has 7 heteroatoms. The Labute approximate surface area is 199 Å². The monoisotopic (exact) mass is 456 g/mol. The highest BCUT2D eigenvalue weighted by Crippen LogP contribution is 2.32. The van der Waals surface area contributed by atoms with Gasteiger partial charge in [-0.05, 0) is 66.9 Å². The lowest BCUT2D eigenvalue weighted by Crippen LogP contribution is -2.37. The van der Waals surface area contributed by atoms with E-state index >= 15 is 0 Å². The number of hydrogen-bond donors (Lipinski definition) is 1. The molecule has 1 fully saturated rings. The van der Waals surface area contributed by atoms with Gasteiger partial charge in [0.2, 0.25) is 5.91 Å². The van der Waals surface area contributed by atoms with Crippen LogP contribution in [0.1, 0.15) is 27.2 Å². The fraction of sp³-hybridized carbons (Fsp3) is 0.296. The predicted molar refractivity (Wildman–Crippen MR) is 133 cm³/mol. The van der Waals surface area contributed by atoms with Crippen LogP contribution in [-0.2, 0) is 22.4 Å². The summed E-state index contributed by atoms with van der Waals surface area (Å²) in [4.78, 5) is 34.3. The number of nitrogens with one attached hydrogen (secondary N) is 1. The van der Waals surface area contributed by atoms with Crippen LogP contribution in [0.15, 0.2) is 60.8 Å². The second-order valence-electron chi connectivity index (χ2n) is 8.71. The van der Waals surface area contributed by atoms with E-state index in [-0.39, 0.29) is 18.2 Å². The smallest absolute Gasteiger partial charge is 0.257 e. The first kappa shape index (κ1) is 22.1. The quantitative estimate of drug-likeness (QED) is 0.635. The Balaban J connectivity index is 1.31. The summed E-state index contributed by atoms with van der Waals surface area (Å²) in [6, 6.07) is 17.3. The molecule has 2 aliphatic heterocycles. The molecule has 0 unspecified atom stereocenters. The van der Waals surface area contributed by atoms with Crippen molar-refractivity contribution in [3.05, 3.63) is 83.2 Å². The predicted octanol–water partition coefficient (Wildman–Crippen LogP) is 3.61. The number of carbonyl (C=O) groups excluding carboxylic acids is 2. The zero-order chi connectivity index (χ0) is 23.5. The lowest BCUT2D eigenvalue weighted by Gasteiger charge is -2.30. The second-order valence-corrected chi connectivity index (χ2v) is 8.71. The minimum atomic E-state index is -0.137. The number of morpholine rings is 1. The molecule has 2 amide bonds. The number of fused-ring (bicyclic) bond motifs is 1. The third-order valence-corrected chi connectivity index (χ3v) is 6.34. The molecule has 7 nitrogen and oxygen atoms in total. The number of rotatable bonds is 5. The van der Waals surface area contributed by atoms with Crippen molar-refractivity contribution in [2.24, 2.45) is 0 Å². The van der Waals surface area contributed by atoms with Crippen molar-refractivity contribution in [2.45, 2.75) is 19.8 Å². The topological polar surface area (TPSA) is 74.8 Å². The molecule has 3 aromatic rings. The Morgan fingerprint density at radius 3 is 2.65 bits per heavy atom. The Bertz CT molecular complexity index is 1210. The second kappa shape index (κ2) is 9.65. The van der Waals surface area contributed by atoms with Crippen LogP contribution in [-0.4, -0.2) is 49.6 Å².